The minimum atomic E-state index is -0.664. The van der Waals surface area contributed by atoms with Gasteiger partial charge in [0, 0.05) is 12.8 Å². The number of nitrogens with one attached hydrogen (secondary N) is 1. The number of carbonyl (C=O) groups excluding carboxylic acids is 2. The fourth-order valence-corrected chi connectivity index (χ4v) is 11.9. The Kier molecular flexibility index (Phi) is 70.9. The maximum Gasteiger partial charge on any atom is 0.305 e. The van der Waals surface area contributed by atoms with E-state index in [2.05, 4.69) is 55.6 Å². The second-order valence-corrected chi connectivity index (χ2v) is 26.0. The van der Waals surface area contributed by atoms with Gasteiger partial charge in [-0.15, -0.1) is 0 Å². The van der Waals surface area contributed by atoms with Crippen LogP contribution in [0.2, 0.25) is 0 Å². The Morgan fingerprint density at radius 3 is 0.964 bits per heavy atom. The molecular formula is C77H147NO5. The van der Waals surface area contributed by atoms with Crippen molar-refractivity contribution in [2.45, 2.75) is 431 Å². The van der Waals surface area contributed by atoms with E-state index in [1.807, 2.05) is 0 Å². The van der Waals surface area contributed by atoms with Gasteiger partial charge in [0.2, 0.25) is 5.91 Å². The fourth-order valence-electron chi connectivity index (χ4n) is 11.9. The summed E-state index contributed by atoms with van der Waals surface area (Å²) in [7, 11) is 0. The number of rotatable bonds is 71. The molecule has 0 aliphatic rings. The Bertz CT molecular complexity index is 1340. The second-order valence-electron chi connectivity index (χ2n) is 26.0. The van der Waals surface area contributed by atoms with Crippen molar-refractivity contribution < 1.29 is 24.5 Å². The monoisotopic (exact) mass is 1170 g/mol. The molecule has 1 amide bonds. The van der Waals surface area contributed by atoms with Crippen molar-refractivity contribution in [1.82, 2.24) is 5.32 Å². The summed E-state index contributed by atoms with van der Waals surface area (Å²) in [6, 6.07) is -0.541. The number of hydrogen-bond acceptors (Lipinski definition) is 5. The predicted octanol–water partition coefficient (Wildman–Crippen LogP) is 24.7. The molecule has 0 aromatic carbocycles. The standard InChI is InChI=1S/C77H147NO5/c1-3-5-7-9-11-13-15-16-17-18-19-37-40-43-46-50-53-57-61-65-69-75(80)74(73-79)78-76(81)70-66-62-58-54-51-47-44-41-38-35-33-31-29-27-25-23-21-20-22-24-26-28-30-32-34-36-39-42-45-48-52-56-60-64-68-72-83-77(82)71-67-63-59-55-49-14-12-10-8-6-4-2/h10,12,22,24,28,30,74-75,79-80H,3-9,11,13-21,23,25-27,29,31-73H2,1-2H3,(H,78,81)/b12-10-,24-22-,30-28-. The summed E-state index contributed by atoms with van der Waals surface area (Å²) in [6.45, 7) is 4.95. The van der Waals surface area contributed by atoms with Crippen LogP contribution < -0.4 is 5.32 Å². The fraction of sp³-hybridized carbons (Fsp3) is 0.896. The van der Waals surface area contributed by atoms with Gasteiger partial charge in [0.15, 0.2) is 0 Å². The number of ether oxygens (including phenoxy) is 1. The molecule has 0 bridgehead atoms. The third-order valence-electron chi connectivity index (χ3n) is 17.7. The molecule has 0 radical (unpaired) electrons. The van der Waals surface area contributed by atoms with Crippen molar-refractivity contribution in [3.8, 4) is 0 Å². The van der Waals surface area contributed by atoms with E-state index < -0.39 is 12.1 Å². The Balaban J connectivity index is 3.38. The van der Waals surface area contributed by atoms with E-state index in [0.717, 1.165) is 51.4 Å². The summed E-state index contributed by atoms with van der Waals surface area (Å²) in [5.74, 6) is -0.0221. The summed E-state index contributed by atoms with van der Waals surface area (Å²) >= 11 is 0. The average molecular weight is 1170 g/mol. The highest BCUT2D eigenvalue weighted by Gasteiger charge is 2.20. The number of carbonyl (C=O) groups is 2. The number of allylic oxidation sites excluding steroid dienone is 6. The molecular weight excluding hydrogens is 1020 g/mol. The van der Waals surface area contributed by atoms with Gasteiger partial charge in [-0.25, -0.2) is 0 Å². The first-order chi connectivity index (χ1) is 41.0. The summed E-state index contributed by atoms with van der Waals surface area (Å²) < 4.78 is 5.47. The first kappa shape index (κ1) is 81.1. The summed E-state index contributed by atoms with van der Waals surface area (Å²) in [5, 5.41) is 23.4. The van der Waals surface area contributed by atoms with Gasteiger partial charge in [0.05, 0.1) is 25.4 Å². The van der Waals surface area contributed by atoms with Crippen LogP contribution in [0.15, 0.2) is 36.5 Å². The number of hydrogen-bond donors (Lipinski definition) is 3. The van der Waals surface area contributed by atoms with Crippen LogP contribution in [0.5, 0.6) is 0 Å². The maximum atomic E-state index is 12.6. The van der Waals surface area contributed by atoms with Gasteiger partial charge in [-0.1, -0.05) is 365 Å². The highest BCUT2D eigenvalue weighted by atomic mass is 16.5. The smallest absolute Gasteiger partial charge is 0.305 e. The normalized spacial score (nSPS) is 12.7. The number of unbranched alkanes of at least 4 members (excludes halogenated alkanes) is 54. The highest BCUT2D eigenvalue weighted by Crippen LogP contribution is 2.19. The van der Waals surface area contributed by atoms with Gasteiger partial charge in [-0.3, -0.25) is 9.59 Å². The molecule has 0 aliphatic carbocycles. The highest BCUT2D eigenvalue weighted by molar-refractivity contribution is 5.76. The Labute approximate surface area is 519 Å². The average Bonchev–Trinajstić information content (AvgIpc) is 3.49. The first-order valence-electron chi connectivity index (χ1n) is 37.7. The van der Waals surface area contributed by atoms with Crippen LogP contribution in [-0.2, 0) is 14.3 Å². The van der Waals surface area contributed by atoms with Crippen LogP contribution >= 0.6 is 0 Å². The maximum absolute atomic E-state index is 12.6. The lowest BCUT2D eigenvalue weighted by atomic mass is 10.0. The Hall–Kier alpha value is -1.92. The summed E-state index contributed by atoms with van der Waals surface area (Å²) in [4.78, 5) is 24.6. The number of aliphatic hydroxyl groups is 2. The topological polar surface area (TPSA) is 95.9 Å². The molecule has 0 fully saturated rings. The zero-order chi connectivity index (χ0) is 59.9. The predicted molar refractivity (Wildman–Crippen MR) is 366 cm³/mol. The molecule has 6 nitrogen and oxygen atoms in total. The van der Waals surface area contributed by atoms with Crippen LogP contribution in [0.1, 0.15) is 418 Å². The first-order valence-corrected chi connectivity index (χ1v) is 37.7. The molecule has 2 unspecified atom stereocenters. The molecule has 83 heavy (non-hydrogen) atoms. The second kappa shape index (κ2) is 72.6. The van der Waals surface area contributed by atoms with Crippen LogP contribution in [0.25, 0.3) is 0 Å². The van der Waals surface area contributed by atoms with Gasteiger partial charge in [0.1, 0.15) is 0 Å². The molecule has 0 aromatic heterocycles. The van der Waals surface area contributed by atoms with E-state index in [4.69, 9.17) is 4.74 Å². The van der Waals surface area contributed by atoms with E-state index in [1.165, 1.54) is 334 Å². The molecule has 0 saturated heterocycles. The third-order valence-corrected chi connectivity index (χ3v) is 17.7. The van der Waals surface area contributed by atoms with Crippen LogP contribution in [0, 0.1) is 0 Å². The quantitative estimate of drug-likeness (QED) is 0.0320. The lowest BCUT2D eigenvalue weighted by molar-refractivity contribution is -0.143. The number of aliphatic hydroxyl groups excluding tert-OH is 2. The minimum Gasteiger partial charge on any atom is -0.466 e. The largest absolute Gasteiger partial charge is 0.466 e. The summed E-state index contributed by atoms with van der Waals surface area (Å²) in [5.41, 5.74) is 0. The van der Waals surface area contributed by atoms with E-state index >= 15 is 0 Å². The molecule has 6 heteroatoms. The molecule has 0 rings (SSSR count). The van der Waals surface area contributed by atoms with E-state index in [0.29, 0.717) is 25.9 Å². The van der Waals surface area contributed by atoms with Gasteiger partial charge < -0.3 is 20.3 Å². The van der Waals surface area contributed by atoms with Gasteiger partial charge in [-0.2, -0.15) is 0 Å². The van der Waals surface area contributed by atoms with Crippen LogP contribution in [0.3, 0.4) is 0 Å². The molecule has 2 atom stereocenters. The van der Waals surface area contributed by atoms with Crippen molar-refractivity contribution in [3.63, 3.8) is 0 Å². The molecule has 0 heterocycles. The number of amides is 1. The van der Waals surface area contributed by atoms with Crippen molar-refractivity contribution >= 4 is 11.9 Å². The molecule has 0 aliphatic heterocycles. The third kappa shape index (κ3) is 69.1. The Morgan fingerprint density at radius 2 is 0.614 bits per heavy atom. The van der Waals surface area contributed by atoms with Gasteiger partial charge in [-0.05, 0) is 77.0 Å². The Morgan fingerprint density at radius 1 is 0.337 bits per heavy atom. The van der Waals surface area contributed by atoms with E-state index in [-0.39, 0.29) is 18.5 Å². The number of esters is 1. The van der Waals surface area contributed by atoms with Crippen LogP contribution in [-0.4, -0.2) is 47.4 Å². The molecule has 490 valence electrons. The molecule has 0 aromatic rings. The molecule has 0 spiro atoms. The van der Waals surface area contributed by atoms with Crippen molar-refractivity contribution in [2.75, 3.05) is 13.2 Å². The van der Waals surface area contributed by atoms with Crippen molar-refractivity contribution in [3.05, 3.63) is 36.5 Å². The van der Waals surface area contributed by atoms with Crippen molar-refractivity contribution in [2.24, 2.45) is 0 Å². The van der Waals surface area contributed by atoms with E-state index in [9.17, 15) is 19.8 Å². The zero-order valence-electron chi connectivity index (χ0n) is 56.2. The lowest BCUT2D eigenvalue weighted by Crippen LogP contribution is -2.45. The molecule has 3 N–H and O–H groups in total. The lowest BCUT2D eigenvalue weighted by Gasteiger charge is -2.22. The van der Waals surface area contributed by atoms with Crippen molar-refractivity contribution in [1.29, 1.82) is 0 Å². The summed E-state index contributed by atoms with van der Waals surface area (Å²) in [6.07, 6.45) is 93.7. The van der Waals surface area contributed by atoms with E-state index in [1.54, 1.807) is 0 Å². The zero-order valence-corrected chi connectivity index (χ0v) is 56.2. The minimum absolute atomic E-state index is 0.00604. The van der Waals surface area contributed by atoms with Gasteiger partial charge in [0.25, 0.3) is 0 Å². The SMILES string of the molecule is CCCC/C=C\CCCCCCCC(=O)OCCCCCCCCCCCCC/C=C\C/C=C\CCCCCCCCCCCCCCCCCCCC(=O)NC(CO)C(O)CCCCCCCCCCCCCCCCCCCCCC. The van der Waals surface area contributed by atoms with Crippen LogP contribution in [0.4, 0.5) is 0 Å². The molecule has 0 saturated carbocycles. The van der Waals surface area contributed by atoms with Gasteiger partial charge >= 0.3 is 5.97 Å².